The predicted molar refractivity (Wildman–Crippen MR) is 104 cm³/mol. The minimum atomic E-state index is -0.351. The lowest BCUT2D eigenvalue weighted by atomic mass is 9.91. The highest BCUT2D eigenvalue weighted by molar-refractivity contribution is 5.96. The second-order valence-electron chi connectivity index (χ2n) is 7.00. The zero-order valence-electron chi connectivity index (χ0n) is 15.3. The Labute approximate surface area is 154 Å². The molecule has 0 saturated heterocycles. The van der Waals surface area contributed by atoms with Crippen LogP contribution in [0.1, 0.15) is 17.5 Å². The minimum Gasteiger partial charge on any atom is -0.378 e. The van der Waals surface area contributed by atoms with Gasteiger partial charge in [0, 0.05) is 38.4 Å². The molecule has 0 bridgehead atoms. The smallest absolute Gasteiger partial charge is 0.227 e. The van der Waals surface area contributed by atoms with Crippen molar-refractivity contribution < 1.29 is 9.59 Å². The summed E-state index contributed by atoms with van der Waals surface area (Å²) in [5.41, 5.74) is 9.66. The summed E-state index contributed by atoms with van der Waals surface area (Å²) in [5.74, 6) is -0.652. The second kappa shape index (κ2) is 7.60. The molecule has 0 spiro atoms. The van der Waals surface area contributed by atoms with Crippen molar-refractivity contribution in [3.8, 4) is 0 Å². The summed E-state index contributed by atoms with van der Waals surface area (Å²) in [6, 6.07) is 15.9. The van der Waals surface area contributed by atoms with Gasteiger partial charge in [-0.3, -0.25) is 9.59 Å². The SMILES string of the molecule is CN(C)c1cccc(CCC(=O)N2CC(C(N)=O)Cc3ccccc32)c1. The Hall–Kier alpha value is -2.82. The van der Waals surface area contributed by atoms with Gasteiger partial charge in [-0.05, 0) is 42.2 Å². The van der Waals surface area contributed by atoms with E-state index in [-0.39, 0.29) is 17.7 Å². The maximum atomic E-state index is 12.9. The van der Waals surface area contributed by atoms with Gasteiger partial charge in [-0.25, -0.2) is 0 Å². The number of nitrogens with zero attached hydrogens (tertiary/aromatic N) is 2. The first-order valence-corrected chi connectivity index (χ1v) is 8.89. The average molecular weight is 351 g/mol. The quantitative estimate of drug-likeness (QED) is 0.899. The number of fused-ring (bicyclic) bond motifs is 1. The molecule has 3 rings (SSSR count). The number of benzene rings is 2. The Balaban J connectivity index is 1.74. The van der Waals surface area contributed by atoms with E-state index in [1.165, 1.54) is 0 Å². The lowest BCUT2D eigenvalue weighted by Gasteiger charge is -2.33. The van der Waals surface area contributed by atoms with Gasteiger partial charge in [-0.15, -0.1) is 0 Å². The zero-order chi connectivity index (χ0) is 18.7. The van der Waals surface area contributed by atoms with Gasteiger partial charge in [-0.2, -0.15) is 0 Å². The fourth-order valence-electron chi connectivity index (χ4n) is 3.40. The molecule has 1 heterocycles. The fraction of sp³-hybridized carbons (Fsp3) is 0.333. The van der Waals surface area contributed by atoms with Crippen molar-refractivity contribution in [3.05, 3.63) is 59.7 Å². The number of carbonyl (C=O) groups excluding carboxylic acids is 2. The van der Waals surface area contributed by atoms with E-state index < -0.39 is 0 Å². The monoisotopic (exact) mass is 351 g/mol. The average Bonchev–Trinajstić information content (AvgIpc) is 2.65. The van der Waals surface area contributed by atoms with Gasteiger partial charge in [0.15, 0.2) is 0 Å². The Bertz CT molecular complexity index is 816. The molecule has 5 nitrogen and oxygen atoms in total. The van der Waals surface area contributed by atoms with E-state index in [4.69, 9.17) is 5.73 Å². The molecule has 2 N–H and O–H groups in total. The number of hydrogen-bond donors (Lipinski definition) is 1. The Morgan fingerprint density at radius 2 is 1.92 bits per heavy atom. The van der Waals surface area contributed by atoms with E-state index >= 15 is 0 Å². The van der Waals surface area contributed by atoms with Crippen LogP contribution in [0.2, 0.25) is 0 Å². The molecular formula is C21H25N3O2. The van der Waals surface area contributed by atoms with Crippen LogP contribution in [0.15, 0.2) is 48.5 Å². The molecule has 5 heteroatoms. The van der Waals surface area contributed by atoms with E-state index in [2.05, 4.69) is 6.07 Å². The molecule has 0 aliphatic carbocycles. The van der Waals surface area contributed by atoms with Crippen molar-refractivity contribution in [3.63, 3.8) is 0 Å². The molecule has 26 heavy (non-hydrogen) atoms. The maximum absolute atomic E-state index is 12.9. The van der Waals surface area contributed by atoms with Crippen molar-refractivity contribution in [2.45, 2.75) is 19.3 Å². The fourth-order valence-corrected chi connectivity index (χ4v) is 3.40. The third-order valence-electron chi connectivity index (χ3n) is 4.91. The van der Waals surface area contributed by atoms with Crippen molar-refractivity contribution in [2.75, 3.05) is 30.4 Å². The summed E-state index contributed by atoms with van der Waals surface area (Å²) in [7, 11) is 4.00. The molecule has 136 valence electrons. The molecular weight excluding hydrogens is 326 g/mol. The largest absolute Gasteiger partial charge is 0.378 e. The lowest BCUT2D eigenvalue weighted by molar-refractivity contribution is -0.122. The predicted octanol–water partition coefficient (Wildman–Crippen LogP) is 2.38. The minimum absolute atomic E-state index is 0.0265. The van der Waals surface area contributed by atoms with E-state index in [0.29, 0.717) is 25.8 Å². The van der Waals surface area contributed by atoms with E-state index in [0.717, 1.165) is 22.5 Å². The standard InChI is InChI=1S/C21H25N3O2/c1-23(2)18-8-5-6-15(12-18)10-11-20(25)24-14-17(21(22)26)13-16-7-3-4-9-19(16)24/h3-9,12,17H,10-11,13-14H2,1-2H3,(H2,22,26). The van der Waals surface area contributed by atoms with Crippen molar-refractivity contribution in [1.82, 2.24) is 0 Å². The van der Waals surface area contributed by atoms with E-state index in [1.807, 2.05) is 61.5 Å². The van der Waals surface area contributed by atoms with E-state index in [9.17, 15) is 9.59 Å². The summed E-state index contributed by atoms with van der Waals surface area (Å²) in [6.45, 7) is 0.364. The Morgan fingerprint density at radius 1 is 1.15 bits per heavy atom. The molecule has 1 aliphatic rings. The number of amides is 2. The van der Waals surface area contributed by atoms with Gasteiger partial charge in [0.2, 0.25) is 11.8 Å². The summed E-state index contributed by atoms with van der Waals surface area (Å²) in [4.78, 5) is 28.3. The van der Waals surface area contributed by atoms with Crippen LogP contribution in [-0.4, -0.2) is 32.5 Å². The summed E-state index contributed by atoms with van der Waals surface area (Å²) in [6.07, 6.45) is 1.66. The lowest BCUT2D eigenvalue weighted by Crippen LogP contribution is -2.44. The van der Waals surface area contributed by atoms with Gasteiger partial charge < -0.3 is 15.5 Å². The number of aryl methyl sites for hydroxylation is 1. The van der Waals surface area contributed by atoms with Crippen LogP contribution in [0, 0.1) is 5.92 Å². The van der Waals surface area contributed by atoms with Crippen LogP contribution in [-0.2, 0) is 22.4 Å². The number of hydrogen-bond acceptors (Lipinski definition) is 3. The van der Waals surface area contributed by atoms with Crippen molar-refractivity contribution >= 4 is 23.2 Å². The summed E-state index contributed by atoms with van der Waals surface area (Å²) < 4.78 is 0. The maximum Gasteiger partial charge on any atom is 0.227 e. The molecule has 0 aromatic heterocycles. The van der Waals surface area contributed by atoms with Gasteiger partial charge in [0.05, 0.1) is 5.92 Å². The molecule has 2 aromatic carbocycles. The third kappa shape index (κ3) is 3.87. The molecule has 1 aliphatic heterocycles. The molecule has 1 unspecified atom stereocenters. The summed E-state index contributed by atoms with van der Waals surface area (Å²) in [5, 5.41) is 0. The third-order valence-corrected chi connectivity index (χ3v) is 4.91. The Kier molecular flexibility index (Phi) is 5.26. The topological polar surface area (TPSA) is 66.6 Å². The Morgan fingerprint density at radius 3 is 2.65 bits per heavy atom. The van der Waals surface area contributed by atoms with Gasteiger partial charge in [-0.1, -0.05) is 30.3 Å². The number of para-hydroxylation sites is 1. The first-order chi connectivity index (χ1) is 12.5. The molecule has 0 radical (unpaired) electrons. The van der Waals surface area contributed by atoms with Crippen LogP contribution >= 0.6 is 0 Å². The number of carbonyl (C=O) groups is 2. The molecule has 0 fully saturated rings. The van der Waals surface area contributed by atoms with Gasteiger partial charge in [0.25, 0.3) is 0 Å². The van der Waals surface area contributed by atoms with Crippen molar-refractivity contribution in [1.29, 1.82) is 0 Å². The van der Waals surface area contributed by atoms with Crippen LogP contribution in [0.3, 0.4) is 0 Å². The number of nitrogens with two attached hydrogens (primary N) is 1. The highest BCUT2D eigenvalue weighted by atomic mass is 16.2. The van der Waals surface area contributed by atoms with E-state index in [1.54, 1.807) is 4.90 Å². The van der Waals surface area contributed by atoms with Crippen LogP contribution in [0.25, 0.3) is 0 Å². The van der Waals surface area contributed by atoms with Crippen LogP contribution in [0.5, 0.6) is 0 Å². The molecule has 2 amide bonds. The number of anilines is 2. The molecule has 1 atom stereocenters. The number of rotatable bonds is 5. The van der Waals surface area contributed by atoms with Crippen molar-refractivity contribution in [2.24, 2.45) is 11.7 Å². The van der Waals surface area contributed by atoms with Crippen LogP contribution < -0.4 is 15.5 Å². The second-order valence-corrected chi connectivity index (χ2v) is 7.00. The van der Waals surface area contributed by atoms with Gasteiger partial charge >= 0.3 is 0 Å². The molecule has 0 saturated carbocycles. The highest BCUT2D eigenvalue weighted by Crippen LogP contribution is 2.30. The summed E-state index contributed by atoms with van der Waals surface area (Å²) >= 11 is 0. The normalized spacial score (nSPS) is 16.1. The number of primary amides is 1. The van der Waals surface area contributed by atoms with Gasteiger partial charge in [0.1, 0.15) is 0 Å². The zero-order valence-corrected chi connectivity index (χ0v) is 15.3. The molecule has 2 aromatic rings. The van der Waals surface area contributed by atoms with Crippen LogP contribution in [0.4, 0.5) is 11.4 Å². The highest BCUT2D eigenvalue weighted by Gasteiger charge is 2.30. The first-order valence-electron chi connectivity index (χ1n) is 8.89. The first kappa shape index (κ1) is 18.0.